The van der Waals surface area contributed by atoms with Crippen molar-refractivity contribution in [1.82, 2.24) is 4.98 Å². The Morgan fingerprint density at radius 1 is 1.00 bits per heavy atom. The molecule has 0 aliphatic carbocycles. The SMILES string of the molecule is Cc1cc(SCCc2sc(-c3ccc(C(F)(F)F)cc3)nc2CCc2ccccc2)ccc1OCC(=O)O. The molecule has 3 aromatic carbocycles. The van der Waals surface area contributed by atoms with Gasteiger partial charge in [0, 0.05) is 21.1 Å². The third-order valence-electron chi connectivity index (χ3n) is 5.83. The smallest absolute Gasteiger partial charge is 0.416 e. The van der Waals surface area contributed by atoms with E-state index in [1.165, 1.54) is 29.0 Å². The highest BCUT2D eigenvalue weighted by atomic mass is 32.2. The third kappa shape index (κ3) is 7.61. The maximum Gasteiger partial charge on any atom is 0.416 e. The first-order valence-electron chi connectivity index (χ1n) is 12.0. The molecule has 0 saturated carbocycles. The number of thiazole rings is 1. The van der Waals surface area contributed by atoms with E-state index in [1.54, 1.807) is 17.8 Å². The first-order chi connectivity index (χ1) is 18.2. The number of nitrogens with zero attached hydrogens (tertiary/aromatic N) is 1. The normalized spacial score (nSPS) is 11.5. The lowest BCUT2D eigenvalue weighted by Gasteiger charge is -2.09. The molecule has 0 saturated heterocycles. The number of aliphatic carboxylic acids is 1. The molecule has 0 amide bonds. The minimum Gasteiger partial charge on any atom is -0.482 e. The van der Waals surface area contributed by atoms with Crippen LogP contribution in [0.15, 0.2) is 77.7 Å². The quantitative estimate of drug-likeness (QED) is 0.191. The van der Waals surface area contributed by atoms with Crippen LogP contribution >= 0.6 is 23.1 Å². The van der Waals surface area contributed by atoms with Gasteiger partial charge >= 0.3 is 12.1 Å². The molecule has 0 aliphatic rings. The minimum absolute atomic E-state index is 0.383. The number of hydrogen-bond acceptors (Lipinski definition) is 5. The van der Waals surface area contributed by atoms with Gasteiger partial charge in [0.1, 0.15) is 10.8 Å². The molecule has 4 aromatic rings. The van der Waals surface area contributed by atoms with Crippen LogP contribution < -0.4 is 4.74 Å². The van der Waals surface area contributed by atoms with Gasteiger partial charge in [-0.15, -0.1) is 23.1 Å². The van der Waals surface area contributed by atoms with Gasteiger partial charge in [-0.05, 0) is 67.6 Å². The number of benzene rings is 3. The van der Waals surface area contributed by atoms with Crippen molar-refractivity contribution in [1.29, 1.82) is 0 Å². The summed E-state index contributed by atoms with van der Waals surface area (Å²) >= 11 is 3.21. The molecule has 0 radical (unpaired) electrons. The maximum atomic E-state index is 13.0. The van der Waals surface area contributed by atoms with Crippen molar-refractivity contribution in [3.63, 3.8) is 0 Å². The van der Waals surface area contributed by atoms with E-state index >= 15 is 0 Å². The van der Waals surface area contributed by atoms with Gasteiger partial charge in [-0.25, -0.2) is 9.78 Å². The van der Waals surface area contributed by atoms with E-state index < -0.39 is 17.7 Å². The summed E-state index contributed by atoms with van der Waals surface area (Å²) in [5.74, 6) is 0.316. The summed E-state index contributed by atoms with van der Waals surface area (Å²) in [6.07, 6.45) is -2.03. The van der Waals surface area contributed by atoms with E-state index in [9.17, 15) is 18.0 Å². The Balaban J connectivity index is 1.47. The number of thioether (sulfide) groups is 1. The Bertz CT molecular complexity index is 1370. The second kappa shape index (κ2) is 12.5. The van der Waals surface area contributed by atoms with Crippen molar-refractivity contribution in [2.75, 3.05) is 12.4 Å². The summed E-state index contributed by atoms with van der Waals surface area (Å²) in [6, 6.07) is 21.0. The number of ether oxygens (including phenoxy) is 1. The topological polar surface area (TPSA) is 59.4 Å². The third-order valence-corrected chi connectivity index (χ3v) is 8.03. The lowest BCUT2D eigenvalue weighted by atomic mass is 10.1. The molecule has 0 spiro atoms. The average molecular weight is 558 g/mol. The van der Waals surface area contributed by atoms with E-state index in [0.29, 0.717) is 11.3 Å². The van der Waals surface area contributed by atoms with Crippen molar-refractivity contribution in [3.8, 4) is 16.3 Å². The van der Waals surface area contributed by atoms with Crippen LogP contribution in [0.2, 0.25) is 0 Å². The molecule has 4 rings (SSSR count). The molecule has 4 nitrogen and oxygen atoms in total. The van der Waals surface area contributed by atoms with Crippen molar-refractivity contribution >= 4 is 29.1 Å². The molecule has 0 unspecified atom stereocenters. The highest BCUT2D eigenvalue weighted by Crippen LogP contribution is 2.34. The fourth-order valence-corrected chi connectivity index (χ4v) is 6.09. The summed E-state index contributed by atoms with van der Waals surface area (Å²) in [6.45, 7) is 1.49. The van der Waals surface area contributed by atoms with Crippen LogP contribution in [0.5, 0.6) is 5.75 Å². The molecule has 198 valence electrons. The molecule has 0 bridgehead atoms. The Morgan fingerprint density at radius 3 is 2.39 bits per heavy atom. The number of alkyl halides is 3. The Morgan fingerprint density at radius 2 is 1.74 bits per heavy atom. The first-order valence-corrected chi connectivity index (χ1v) is 13.8. The van der Waals surface area contributed by atoms with Crippen LogP contribution in [-0.2, 0) is 30.2 Å². The van der Waals surface area contributed by atoms with E-state index in [2.05, 4.69) is 12.1 Å². The van der Waals surface area contributed by atoms with E-state index in [0.717, 1.165) is 63.2 Å². The second-order valence-electron chi connectivity index (χ2n) is 8.66. The molecule has 1 aromatic heterocycles. The molecule has 1 heterocycles. The van der Waals surface area contributed by atoms with Gasteiger partial charge in [0.2, 0.25) is 0 Å². The summed E-state index contributed by atoms with van der Waals surface area (Å²) in [7, 11) is 0. The summed E-state index contributed by atoms with van der Waals surface area (Å²) in [5, 5.41) is 9.53. The molecule has 38 heavy (non-hydrogen) atoms. The van der Waals surface area contributed by atoms with Gasteiger partial charge in [0.05, 0.1) is 11.3 Å². The van der Waals surface area contributed by atoms with Crippen molar-refractivity contribution in [2.45, 2.75) is 37.3 Å². The minimum atomic E-state index is -4.37. The van der Waals surface area contributed by atoms with Crippen LogP contribution in [0.3, 0.4) is 0 Å². The molecule has 0 atom stereocenters. The van der Waals surface area contributed by atoms with Crippen LogP contribution in [0.25, 0.3) is 10.6 Å². The van der Waals surface area contributed by atoms with Gasteiger partial charge in [0.15, 0.2) is 6.61 Å². The fraction of sp³-hybridized carbons (Fsp3) is 0.241. The molecule has 9 heteroatoms. The Labute approximate surface area is 227 Å². The lowest BCUT2D eigenvalue weighted by molar-refractivity contribution is -0.139. The van der Waals surface area contributed by atoms with Gasteiger partial charge in [-0.2, -0.15) is 13.2 Å². The van der Waals surface area contributed by atoms with Gasteiger partial charge in [-0.1, -0.05) is 42.5 Å². The number of carboxylic acid groups (broad SMARTS) is 1. The van der Waals surface area contributed by atoms with Gasteiger partial charge in [-0.3, -0.25) is 0 Å². The fourth-order valence-electron chi connectivity index (χ4n) is 3.88. The van der Waals surface area contributed by atoms with E-state index in [4.69, 9.17) is 14.8 Å². The number of hydrogen-bond donors (Lipinski definition) is 1. The van der Waals surface area contributed by atoms with Crippen LogP contribution in [0.4, 0.5) is 13.2 Å². The number of rotatable bonds is 11. The molecule has 0 aliphatic heterocycles. The van der Waals surface area contributed by atoms with Crippen LogP contribution in [-0.4, -0.2) is 28.4 Å². The van der Waals surface area contributed by atoms with Crippen LogP contribution in [0, 0.1) is 6.92 Å². The standard InChI is InChI=1S/C29H26F3NO3S2/c1-19-17-23(12-14-25(19)36-18-27(34)35)37-16-15-26-24(13-7-20-5-3-2-4-6-20)33-28(38-26)21-8-10-22(11-9-21)29(30,31)32/h2-6,8-12,14,17H,7,13,15-16,18H2,1H3,(H,34,35). The zero-order chi connectivity index (χ0) is 27.1. The van der Waals surface area contributed by atoms with Crippen molar-refractivity contribution in [2.24, 2.45) is 0 Å². The van der Waals surface area contributed by atoms with E-state index in [-0.39, 0.29) is 6.61 Å². The highest BCUT2D eigenvalue weighted by molar-refractivity contribution is 7.99. The Hall–Kier alpha value is -3.30. The highest BCUT2D eigenvalue weighted by Gasteiger charge is 2.30. The average Bonchev–Trinajstić information content (AvgIpc) is 3.30. The van der Waals surface area contributed by atoms with Crippen molar-refractivity contribution < 1.29 is 27.8 Å². The predicted molar refractivity (Wildman–Crippen MR) is 145 cm³/mol. The Kier molecular flexibility index (Phi) is 9.12. The molecular weight excluding hydrogens is 531 g/mol. The number of halogens is 3. The maximum absolute atomic E-state index is 13.0. The number of aryl methyl sites for hydroxylation is 4. The van der Waals surface area contributed by atoms with Gasteiger partial charge in [0.25, 0.3) is 0 Å². The summed E-state index contributed by atoms with van der Waals surface area (Å²) in [4.78, 5) is 17.8. The summed E-state index contributed by atoms with van der Waals surface area (Å²) < 4.78 is 44.3. The zero-order valence-electron chi connectivity index (χ0n) is 20.6. The summed E-state index contributed by atoms with van der Waals surface area (Å²) in [5.41, 5.74) is 3.05. The largest absolute Gasteiger partial charge is 0.482 e. The van der Waals surface area contributed by atoms with E-state index in [1.807, 2.05) is 37.3 Å². The monoisotopic (exact) mass is 557 g/mol. The number of aromatic nitrogens is 1. The zero-order valence-corrected chi connectivity index (χ0v) is 22.3. The predicted octanol–water partition coefficient (Wildman–Crippen LogP) is 7.72. The van der Waals surface area contributed by atoms with Crippen molar-refractivity contribution in [3.05, 3.63) is 100 Å². The second-order valence-corrected chi connectivity index (χ2v) is 10.9. The first kappa shape index (κ1) is 27.7. The molecular formula is C29H26F3NO3S2. The van der Waals surface area contributed by atoms with Gasteiger partial charge < -0.3 is 9.84 Å². The number of carbonyl (C=O) groups is 1. The number of carboxylic acids is 1. The lowest BCUT2D eigenvalue weighted by Crippen LogP contribution is -2.10. The molecule has 1 N–H and O–H groups in total. The van der Waals surface area contributed by atoms with Crippen LogP contribution in [0.1, 0.15) is 27.3 Å². The molecule has 0 fully saturated rings.